The summed E-state index contributed by atoms with van der Waals surface area (Å²) in [5.41, 5.74) is 1.14. The van der Waals surface area contributed by atoms with Crippen molar-refractivity contribution in [1.82, 2.24) is 15.5 Å². The standard InChI is InChI=1S/C21H27N5OS/c1-2-3-11-22-20(27)16-14-23-21-18(24-16)25-19(26-12-7-4-8-13-26)15-9-5-6-10-17(15)28-21/h5-6,9-10,14,16,24H,2-4,7-8,11-13H2,1H3,(H,22,27). The van der Waals surface area contributed by atoms with Crippen LogP contribution in [0.3, 0.4) is 0 Å². The Hall–Kier alpha value is -2.28. The first-order chi connectivity index (χ1) is 13.8. The van der Waals surface area contributed by atoms with Crippen molar-refractivity contribution >= 4 is 29.7 Å². The van der Waals surface area contributed by atoms with Crippen molar-refractivity contribution in [2.45, 2.75) is 50.0 Å². The van der Waals surface area contributed by atoms with Crippen molar-refractivity contribution in [3.63, 3.8) is 0 Å². The minimum atomic E-state index is -0.483. The first-order valence-corrected chi connectivity index (χ1v) is 11.0. The van der Waals surface area contributed by atoms with E-state index in [0.717, 1.165) is 47.3 Å². The number of fused-ring (bicyclic) bond motifs is 1. The lowest BCUT2D eigenvalue weighted by atomic mass is 10.1. The van der Waals surface area contributed by atoms with Gasteiger partial charge in [-0.1, -0.05) is 43.3 Å². The van der Waals surface area contributed by atoms with E-state index in [-0.39, 0.29) is 5.91 Å². The average Bonchev–Trinajstić information content (AvgIpc) is 2.90. The molecule has 7 heteroatoms. The molecule has 2 N–H and O–H groups in total. The largest absolute Gasteiger partial charge is 0.356 e. The van der Waals surface area contributed by atoms with Crippen molar-refractivity contribution in [2.75, 3.05) is 19.6 Å². The Morgan fingerprint density at radius 2 is 2.11 bits per heavy atom. The summed E-state index contributed by atoms with van der Waals surface area (Å²) in [4.78, 5) is 25.6. The van der Waals surface area contributed by atoms with Gasteiger partial charge in [0, 0.05) is 36.3 Å². The van der Waals surface area contributed by atoms with Gasteiger partial charge in [-0.05, 0) is 31.7 Å². The molecule has 6 nitrogen and oxygen atoms in total. The third-order valence-electron chi connectivity index (χ3n) is 5.16. The highest BCUT2D eigenvalue weighted by molar-refractivity contribution is 8.03. The van der Waals surface area contributed by atoms with Gasteiger partial charge in [-0.25, -0.2) is 9.98 Å². The summed E-state index contributed by atoms with van der Waals surface area (Å²) < 4.78 is 0. The van der Waals surface area contributed by atoms with Crippen LogP contribution in [0.25, 0.3) is 0 Å². The van der Waals surface area contributed by atoms with Crippen LogP contribution in [-0.4, -0.2) is 48.5 Å². The molecular weight excluding hydrogens is 370 g/mol. The number of amidine groups is 1. The number of nitrogens with one attached hydrogen (secondary N) is 2. The lowest BCUT2D eigenvalue weighted by Crippen LogP contribution is -2.46. The number of aliphatic imine (C=N–C) groups is 2. The van der Waals surface area contributed by atoms with Crippen LogP contribution in [0.2, 0.25) is 0 Å². The monoisotopic (exact) mass is 397 g/mol. The van der Waals surface area contributed by atoms with Crippen LogP contribution in [-0.2, 0) is 4.79 Å². The predicted molar refractivity (Wildman–Crippen MR) is 115 cm³/mol. The van der Waals surface area contributed by atoms with E-state index in [0.29, 0.717) is 12.4 Å². The Labute approximate surface area is 170 Å². The van der Waals surface area contributed by atoms with E-state index >= 15 is 0 Å². The second-order valence-corrected chi connectivity index (χ2v) is 8.31. The van der Waals surface area contributed by atoms with Crippen molar-refractivity contribution in [2.24, 2.45) is 9.98 Å². The van der Waals surface area contributed by atoms with E-state index < -0.39 is 6.04 Å². The molecule has 3 aliphatic rings. The van der Waals surface area contributed by atoms with Crippen molar-refractivity contribution in [3.8, 4) is 0 Å². The Kier molecular flexibility index (Phi) is 6.00. The Morgan fingerprint density at radius 3 is 2.93 bits per heavy atom. The zero-order valence-electron chi connectivity index (χ0n) is 16.3. The first-order valence-electron chi connectivity index (χ1n) is 10.2. The maximum absolute atomic E-state index is 12.5. The Balaban J connectivity index is 1.61. The van der Waals surface area contributed by atoms with Crippen LogP contribution in [0.4, 0.5) is 0 Å². The maximum atomic E-state index is 12.5. The number of carbonyl (C=O) groups excluding carboxylic acids is 1. The van der Waals surface area contributed by atoms with E-state index in [1.54, 1.807) is 18.0 Å². The fourth-order valence-electron chi connectivity index (χ4n) is 3.59. The summed E-state index contributed by atoms with van der Waals surface area (Å²) in [6.07, 6.45) is 7.38. The summed E-state index contributed by atoms with van der Waals surface area (Å²) in [6.45, 7) is 4.84. The van der Waals surface area contributed by atoms with E-state index in [4.69, 9.17) is 4.99 Å². The molecule has 0 bridgehead atoms. The second-order valence-electron chi connectivity index (χ2n) is 7.28. The molecule has 1 aromatic rings. The van der Waals surface area contributed by atoms with Gasteiger partial charge in [0.15, 0.2) is 5.82 Å². The molecule has 0 aromatic heterocycles. The SMILES string of the molecule is CCCCNC(=O)C1C=NC2=C(N=C(N3CCCCC3)c3ccccc3S2)N1. The van der Waals surface area contributed by atoms with Gasteiger partial charge in [-0.2, -0.15) is 0 Å². The van der Waals surface area contributed by atoms with Crippen LogP contribution < -0.4 is 10.6 Å². The number of benzene rings is 1. The van der Waals surface area contributed by atoms with Gasteiger partial charge in [0.05, 0.1) is 0 Å². The molecule has 4 rings (SSSR count). The molecule has 28 heavy (non-hydrogen) atoms. The zero-order valence-corrected chi connectivity index (χ0v) is 17.1. The quantitative estimate of drug-likeness (QED) is 0.766. The number of rotatable bonds is 4. The molecule has 1 fully saturated rings. The molecule has 0 spiro atoms. The van der Waals surface area contributed by atoms with Crippen LogP contribution in [0.5, 0.6) is 0 Å². The Morgan fingerprint density at radius 1 is 1.29 bits per heavy atom. The summed E-state index contributed by atoms with van der Waals surface area (Å²) in [5.74, 6) is 1.63. The number of nitrogens with zero attached hydrogens (tertiary/aromatic N) is 3. The molecule has 1 amide bonds. The number of piperidine rings is 1. The first kappa shape index (κ1) is 19.1. The second kappa shape index (κ2) is 8.82. The molecule has 0 saturated carbocycles. The number of likely N-dealkylation sites (tertiary alicyclic amines) is 1. The van der Waals surface area contributed by atoms with E-state index in [2.05, 4.69) is 51.7 Å². The van der Waals surface area contributed by atoms with E-state index in [1.165, 1.54) is 19.3 Å². The molecule has 0 radical (unpaired) electrons. The average molecular weight is 398 g/mol. The molecule has 1 aromatic carbocycles. The van der Waals surface area contributed by atoms with Gasteiger partial charge < -0.3 is 15.5 Å². The normalized spacial score (nSPS) is 21.2. The van der Waals surface area contributed by atoms with Crippen molar-refractivity contribution < 1.29 is 4.79 Å². The van der Waals surface area contributed by atoms with Crippen LogP contribution in [0.1, 0.15) is 44.6 Å². The topological polar surface area (TPSA) is 69.1 Å². The molecular formula is C21H27N5OS. The third-order valence-corrected chi connectivity index (χ3v) is 6.22. The molecule has 0 aliphatic carbocycles. The van der Waals surface area contributed by atoms with Gasteiger partial charge in [0.1, 0.15) is 16.9 Å². The summed E-state index contributed by atoms with van der Waals surface area (Å²) >= 11 is 1.61. The number of hydrogen-bond donors (Lipinski definition) is 2. The summed E-state index contributed by atoms with van der Waals surface area (Å²) in [6, 6.07) is 7.88. The van der Waals surface area contributed by atoms with E-state index in [9.17, 15) is 4.79 Å². The zero-order chi connectivity index (χ0) is 19.3. The molecule has 1 unspecified atom stereocenters. The fourth-order valence-corrected chi connectivity index (χ4v) is 4.53. The summed E-state index contributed by atoms with van der Waals surface area (Å²) in [5, 5.41) is 7.10. The minimum Gasteiger partial charge on any atom is -0.356 e. The highest BCUT2D eigenvalue weighted by atomic mass is 32.2. The third kappa shape index (κ3) is 4.09. The molecule has 1 saturated heterocycles. The molecule has 1 atom stereocenters. The van der Waals surface area contributed by atoms with Gasteiger partial charge in [0.2, 0.25) is 5.91 Å². The lowest BCUT2D eigenvalue weighted by Gasteiger charge is -2.30. The highest BCUT2D eigenvalue weighted by Crippen LogP contribution is 2.37. The van der Waals surface area contributed by atoms with E-state index in [1.807, 2.05) is 0 Å². The smallest absolute Gasteiger partial charge is 0.248 e. The van der Waals surface area contributed by atoms with Crippen LogP contribution in [0.15, 0.2) is 50.0 Å². The fraction of sp³-hybridized carbons (Fsp3) is 0.476. The molecule has 148 valence electrons. The number of unbranched alkanes of at least 4 members (excludes halogenated alkanes) is 1. The Bertz CT molecular complexity index is 826. The highest BCUT2D eigenvalue weighted by Gasteiger charge is 2.28. The predicted octanol–water partition coefficient (Wildman–Crippen LogP) is 3.11. The lowest BCUT2D eigenvalue weighted by molar-refractivity contribution is -0.121. The maximum Gasteiger partial charge on any atom is 0.248 e. The molecule has 3 aliphatic heterocycles. The van der Waals surface area contributed by atoms with Gasteiger partial charge in [-0.3, -0.25) is 4.79 Å². The van der Waals surface area contributed by atoms with Crippen molar-refractivity contribution in [1.29, 1.82) is 0 Å². The number of hydrogen-bond acceptors (Lipinski definition) is 6. The van der Waals surface area contributed by atoms with Gasteiger partial charge >= 0.3 is 0 Å². The number of thioether (sulfide) groups is 1. The minimum absolute atomic E-state index is 0.0507. The summed E-state index contributed by atoms with van der Waals surface area (Å²) in [7, 11) is 0. The van der Waals surface area contributed by atoms with Crippen molar-refractivity contribution in [3.05, 3.63) is 40.7 Å². The number of amides is 1. The van der Waals surface area contributed by atoms with Gasteiger partial charge in [0.25, 0.3) is 0 Å². The van der Waals surface area contributed by atoms with Crippen LogP contribution >= 0.6 is 11.8 Å². The molecule has 3 heterocycles. The van der Waals surface area contributed by atoms with Gasteiger partial charge in [-0.15, -0.1) is 0 Å². The van der Waals surface area contributed by atoms with Crippen LogP contribution in [0, 0.1) is 0 Å². The number of carbonyl (C=O) groups is 1.